The molecule has 0 amide bonds. The number of carbonyl (C=O) groups is 4. The monoisotopic (exact) mass is 409 g/mol. The first-order valence-electron chi connectivity index (χ1n) is 6.95. The van der Waals surface area contributed by atoms with E-state index in [4.69, 9.17) is 10.5 Å². The predicted molar refractivity (Wildman–Crippen MR) is 83.1 cm³/mol. The summed E-state index contributed by atoms with van der Waals surface area (Å²) in [5.74, 6) is -4.26. The molecule has 0 aromatic rings. The summed E-state index contributed by atoms with van der Waals surface area (Å²) in [4.78, 5) is 47.9. The molecular weight excluding hydrogens is 390 g/mol. The van der Waals surface area contributed by atoms with Crippen molar-refractivity contribution in [1.29, 1.82) is 0 Å². The molecule has 1 unspecified atom stereocenters. The Kier molecular flexibility index (Phi) is 5.56. The molecule has 0 aromatic heterocycles. The van der Waals surface area contributed by atoms with Crippen LogP contribution in [0.4, 0.5) is 0 Å². The number of Topliss-reactive ketones (excluding diaryl/α,β-unsaturated/α-hetero) is 4. The second kappa shape index (κ2) is 6.36. The highest BCUT2D eigenvalue weighted by molar-refractivity contribution is 9.09. The Morgan fingerprint density at radius 3 is 1.79 bits per heavy atom. The van der Waals surface area contributed by atoms with Gasteiger partial charge in [0.05, 0.1) is 0 Å². The highest BCUT2D eigenvalue weighted by atomic mass is 79.9. The smallest absolute Gasteiger partial charge is 0.190 e. The number of hydrogen-bond donors (Lipinski definition) is 4. The van der Waals surface area contributed by atoms with Crippen molar-refractivity contribution in [3.05, 3.63) is 0 Å². The lowest BCUT2D eigenvalue weighted by Crippen LogP contribution is -2.88. The standard InChI is InChI=1S/C14H20BrNO8/c1-5(17)9(21)10-13(22,7(3)19)14(23,8(4)20)12(16,6(2)18)11(15)24-10/h9-11,21-23H,16H2,1-4H3/t9?,10-,11+,12+,13-,14-/m1/s1. The number of halogens is 1. The minimum absolute atomic E-state index is 0.812. The highest BCUT2D eigenvalue weighted by Crippen LogP contribution is 2.47. The first kappa shape index (κ1) is 21.0. The van der Waals surface area contributed by atoms with E-state index in [-0.39, 0.29) is 0 Å². The Balaban J connectivity index is 3.86. The van der Waals surface area contributed by atoms with Gasteiger partial charge >= 0.3 is 0 Å². The van der Waals surface area contributed by atoms with Gasteiger partial charge in [0.15, 0.2) is 39.9 Å². The van der Waals surface area contributed by atoms with Crippen LogP contribution in [-0.4, -0.2) is 72.4 Å². The van der Waals surface area contributed by atoms with Crippen molar-refractivity contribution in [2.24, 2.45) is 5.73 Å². The zero-order valence-electron chi connectivity index (χ0n) is 13.6. The predicted octanol–water partition coefficient (Wildman–Crippen LogP) is -2.02. The van der Waals surface area contributed by atoms with Gasteiger partial charge in [0.2, 0.25) is 0 Å². The van der Waals surface area contributed by atoms with Crippen LogP contribution in [-0.2, 0) is 23.9 Å². The molecule has 1 heterocycles. The van der Waals surface area contributed by atoms with Gasteiger partial charge in [-0.2, -0.15) is 0 Å². The molecule has 24 heavy (non-hydrogen) atoms. The van der Waals surface area contributed by atoms with E-state index in [1.807, 2.05) is 0 Å². The SMILES string of the molecule is CC(=O)C(O)[C@H]1O[C@H](Br)[C@@](N)(C(C)=O)[C@](O)(C(C)=O)[C@@]1(O)C(C)=O. The summed E-state index contributed by atoms with van der Waals surface area (Å²) in [6, 6.07) is 0. The van der Waals surface area contributed by atoms with E-state index in [1.54, 1.807) is 0 Å². The number of nitrogens with two attached hydrogens (primary N) is 1. The molecule has 136 valence electrons. The molecule has 5 N–H and O–H groups in total. The van der Waals surface area contributed by atoms with E-state index in [0.717, 1.165) is 27.7 Å². The fourth-order valence-electron chi connectivity index (χ4n) is 2.97. The topological polar surface area (TPSA) is 164 Å². The van der Waals surface area contributed by atoms with Crippen LogP contribution in [0.15, 0.2) is 0 Å². The van der Waals surface area contributed by atoms with Gasteiger partial charge in [0.1, 0.15) is 17.2 Å². The molecule has 0 saturated carbocycles. The molecule has 1 aliphatic heterocycles. The van der Waals surface area contributed by atoms with Crippen LogP contribution in [0.5, 0.6) is 0 Å². The largest absolute Gasteiger partial charge is 0.382 e. The van der Waals surface area contributed by atoms with E-state index >= 15 is 0 Å². The van der Waals surface area contributed by atoms with E-state index in [2.05, 4.69) is 15.9 Å². The highest BCUT2D eigenvalue weighted by Gasteiger charge is 2.77. The molecule has 0 aliphatic carbocycles. The summed E-state index contributed by atoms with van der Waals surface area (Å²) in [5.41, 5.74) is -2.92. The molecule has 10 heteroatoms. The third-order valence-corrected chi connectivity index (χ3v) is 5.46. The Hall–Kier alpha value is -1.04. The Labute approximate surface area is 146 Å². The van der Waals surface area contributed by atoms with Gasteiger partial charge in [-0.25, -0.2) is 0 Å². The van der Waals surface area contributed by atoms with E-state index in [0.29, 0.717) is 0 Å². The third-order valence-electron chi connectivity index (χ3n) is 4.52. The van der Waals surface area contributed by atoms with Crippen LogP contribution in [0.1, 0.15) is 27.7 Å². The molecule has 0 spiro atoms. The molecule has 0 bridgehead atoms. The van der Waals surface area contributed by atoms with Crippen molar-refractivity contribution in [3.63, 3.8) is 0 Å². The number of aliphatic hydroxyl groups is 3. The first-order chi connectivity index (χ1) is 10.7. The third kappa shape index (κ3) is 2.40. The number of rotatable bonds is 5. The van der Waals surface area contributed by atoms with E-state index in [1.165, 1.54) is 0 Å². The Bertz CT molecular complexity index is 610. The Morgan fingerprint density at radius 2 is 1.50 bits per heavy atom. The lowest BCUT2D eigenvalue weighted by molar-refractivity contribution is -0.275. The molecule has 1 aliphatic rings. The summed E-state index contributed by atoms with van der Waals surface area (Å²) in [7, 11) is 0. The fourth-order valence-corrected chi connectivity index (χ4v) is 3.85. The number of ether oxygens (including phenoxy) is 1. The van der Waals surface area contributed by atoms with Crippen LogP contribution in [0.25, 0.3) is 0 Å². The average Bonchev–Trinajstić information content (AvgIpc) is 2.46. The Morgan fingerprint density at radius 1 is 1.04 bits per heavy atom. The quantitative estimate of drug-likeness (QED) is 0.375. The van der Waals surface area contributed by atoms with Gasteiger partial charge in [-0.1, -0.05) is 15.9 Å². The van der Waals surface area contributed by atoms with Crippen molar-refractivity contribution in [2.45, 2.75) is 61.7 Å². The number of hydrogen-bond acceptors (Lipinski definition) is 9. The molecule has 1 rings (SSSR count). The van der Waals surface area contributed by atoms with Gasteiger partial charge in [0.25, 0.3) is 0 Å². The van der Waals surface area contributed by atoms with Crippen molar-refractivity contribution >= 4 is 39.1 Å². The zero-order chi connectivity index (χ0) is 19.2. The van der Waals surface area contributed by atoms with Crippen LogP contribution in [0.2, 0.25) is 0 Å². The van der Waals surface area contributed by atoms with Crippen molar-refractivity contribution in [2.75, 3.05) is 0 Å². The van der Waals surface area contributed by atoms with Gasteiger partial charge in [-0.15, -0.1) is 0 Å². The molecule has 1 fully saturated rings. The second-order valence-corrected chi connectivity index (χ2v) is 6.77. The summed E-state index contributed by atoms with van der Waals surface area (Å²) in [6.45, 7) is 3.53. The number of alkyl halides is 1. The summed E-state index contributed by atoms with van der Waals surface area (Å²) in [6.07, 6.45) is -4.08. The summed E-state index contributed by atoms with van der Waals surface area (Å²) >= 11 is 2.89. The molecule has 9 nitrogen and oxygen atoms in total. The molecule has 0 radical (unpaired) electrons. The minimum Gasteiger partial charge on any atom is -0.382 e. The van der Waals surface area contributed by atoms with Gasteiger partial charge < -0.3 is 25.8 Å². The van der Waals surface area contributed by atoms with Gasteiger partial charge in [-0.3, -0.25) is 19.2 Å². The van der Waals surface area contributed by atoms with Crippen molar-refractivity contribution in [3.8, 4) is 0 Å². The summed E-state index contributed by atoms with van der Waals surface area (Å²) in [5, 5.41) is 30.4. The average molecular weight is 410 g/mol. The number of carbonyl (C=O) groups excluding carboxylic acids is 4. The first-order valence-corrected chi connectivity index (χ1v) is 7.87. The van der Waals surface area contributed by atoms with E-state index < -0.39 is 57.1 Å². The molecular formula is C14H20BrNO8. The fraction of sp³-hybridized carbons (Fsp3) is 0.714. The zero-order valence-corrected chi connectivity index (χ0v) is 15.2. The van der Waals surface area contributed by atoms with Gasteiger partial charge in [-0.05, 0) is 27.7 Å². The molecule has 1 saturated heterocycles. The lowest BCUT2D eigenvalue weighted by atomic mass is 9.59. The number of aliphatic hydroxyl groups excluding tert-OH is 1. The maximum Gasteiger partial charge on any atom is 0.190 e. The van der Waals surface area contributed by atoms with Crippen molar-refractivity contribution < 1.29 is 39.2 Å². The number of ketones is 4. The van der Waals surface area contributed by atoms with Gasteiger partial charge in [0, 0.05) is 0 Å². The molecule has 6 atom stereocenters. The van der Waals surface area contributed by atoms with Crippen LogP contribution >= 0.6 is 15.9 Å². The maximum atomic E-state index is 12.2. The summed E-state index contributed by atoms with van der Waals surface area (Å²) < 4.78 is 5.23. The van der Waals surface area contributed by atoms with Crippen LogP contribution < -0.4 is 5.73 Å². The lowest BCUT2D eigenvalue weighted by Gasteiger charge is -2.58. The minimum atomic E-state index is -3.15. The molecule has 0 aromatic carbocycles. The maximum absolute atomic E-state index is 12.2. The second-order valence-electron chi connectivity index (χ2n) is 5.94. The van der Waals surface area contributed by atoms with E-state index in [9.17, 15) is 34.5 Å². The normalized spacial score (nSPS) is 40.7. The van der Waals surface area contributed by atoms with Crippen LogP contribution in [0, 0.1) is 0 Å². The van der Waals surface area contributed by atoms with Crippen molar-refractivity contribution in [1.82, 2.24) is 0 Å². The van der Waals surface area contributed by atoms with Crippen LogP contribution in [0.3, 0.4) is 0 Å².